The lowest BCUT2D eigenvalue weighted by molar-refractivity contribution is 0.208. The Kier molecular flexibility index (Phi) is 2.62. The molecule has 0 fully saturated rings. The molecule has 0 aromatic rings. The largest absolute Gasteiger partial charge is 0.220 e. The van der Waals surface area contributed by atoms with Crippen molar-refractivity contribution in [3.05, 3.63) is 0 Å². The summed E-state index contributed by atoms with van der Waals surface area (Å²) in [7, 11) is 1.96. The van der Waals surface area contributed by atoms with Crippen LogP contribution >= 0.6 is 0 Å². The molecule has 1 atom stereocenters. The summed E-state index contributed by atoms with van der Waals surface area (Å²) in [6.45, 7) is 2.18. The number of hydrogen-bond donors (Lipinski definition) is 1. The van der Waals surface area contributed by atoms with Gasteiger partial charge in [-0.15, -0.1) is 5.11 Å². The molecule has 0 saturated carbocycles. The second-order valence-electron chi connectivity index (χ2n) is 2.55. The lowest BCUT2D eigenvalue weighted by Gasteiger charge is -2.13. The van der Waals surface area contributed by atoms with Gasteiger partial charge in [0, 0.05) is 7.05 Å². The molecule has 0 saturated heterocycles. The maximum absolute atomic E-state index is 3.99. The lowest BCUT2D eigenvalue weighted by Crippen LogP contribution is -2.32. The molecule has 1 heterocycles. The van der Waals surface area contributed by atoms with Crippen LogP contribution in [0.15, 0.2) is 10.3 Å². The van der Waals surface area contributed by atoms with Crippen molar-refractivity contribution in [3.63, 3.8) is 0 Å². The number of nitrogens with zero attached hydrogens (tertiary/aromatic N) is 3. The summed E-state index contributed by atoms with van der Waals surface area (Å²) < 4.78 is 0. The van der Waals surface area contributed by atoms with E-state index < -0.39 is 0 Å². The molecule has 4 nitrogen and oxygen atoms in total. The van der Waals surface area contributed by atoms with Gasteiger partial charge in [-0.25, -0.2) is 5.53 Å². The average molecular weight is 142 g/mol. The van der Waals surface area contributed by atoms with Crippen molar-refractivity contribution in [1.29, 1.82) is 0 Å². The zero-order valence-corrected chi connectivity index (χ0v) is 6.54. The molecule has 0 aromatic heterocycles. The van der Waals surface area contributed by atoms with Crippen molar-refractivity contribution < 1.29 is 0 Å². The number of unbranched alkanes of at least 4 members (excludes halogenated alkanes) is 1. The summed E-state index contributed by atoms with van der Waals surface area (Å²) in [6.07, 6.45) is 3.80. The highest BCUT2D eigenvalue weighted by molar-refractivity contribution is 4.63. The van der Waals surface area contributed by atoms with Gasteiger partial charge in [0.25, 0.3) is 0 Å². The highest BCUT2D eigenvalue weighted by Gasteiger charge is 2.16. The predicted molar refractivity (Wildman–Crippen MR) is 39.1 cm³/mol. The van der Waals surface area contributed by atoms with Gasteiger partial charge in [0.2, 0.25) is 0 Å². The Morgan fingerprint density at radius 2 is 2.40 bits per heavy atom. The maximum Gasteiger partial charge on any atom is 0.143 e. The van der Waals surface area contributed by atoms with Crippen molar-refractivity contribution in [1.82, 2.24) is 10.5 Å². The molecule has 1 unspecified atom stereocenters. The van der Waals surface area contributed by atoms with Crippen LogP contribution in [0.1, 0.15) is 26.2 Å². The summed E-state index contributed by atoms with van der Waals surface area (Å²) in [5, 5.41) is 9.62. The Labute approximate surface area is 61.3 Å². The summed E-state index contributed by atoms with van der Waals surface area (Å²) in [4.78, 5) is 0. The Morgan fingerprint density at radius 1 is 1.60 bits per heavy atom. The normalized spacial score (nSPS) is 25.2. The van der Waals surface area contributed by atoms with E-state index in [0.717, 1.165) is 6.42 Å². The standard InChI is InChI=1S/C6H14N4/c1-3-4-5-6-7-8-9-10(6)2/h6H,3-5H2,1-2H3,(H,7,9). The van der Waals surface area contributed by atoms with Gasteiger partial charge < -0.3 is 0 Å². The summed E-state index contributed by atoms with van der Waals surface area (Å²) in [6, 6.07) is 0. The number of hydrazine groups is 1. The first-order valence-corrected chi connectivity index (χ1v) is 3.73. The third kappa shape index (κ3) is 1.67. The molecule has 0 amide bonds. The fraction of sp³-hybridized carbons (Fsp3) is 1.00. The SMILES string of the molecule is CCCCC1N=NNN1C. The van der Waals surface area contributed by atoms with E-state index in [1.807, 2.05) is 12.1 Å². The topological polar surface area (TPSA) is 40.0 Å². The Morgan fingerprint density at radius 3 is 2.90 bits per heavy atom. The monoisotopic (exact) mass is 142 g/mol. The first-order chi connectivity index (χ1) is 4.84. The molecule has 0 spiro atoms. The molecule has 1 N–H and O–H groups in total. The third-order valence-electron chi connectivity index (χ3n) is 1.66. The van der Waals surface area contributed by atoms with Crippen LogP contribution < -0.4 is 5.53 Å². The summed E-state index contributed by atoms with van der Waals surface area (Å²) in [5.74, 6) is 0. The lowest BCUT2D eigenvalue weighted by atomic mass is 10.2. The van der Waals surface area contributed by atoms with Gasteiger partial charge in [-0.1, -0.05) is 25.0 Å². The molecular weight excluding hydrogens is 128 g/mol. The third-order valence-corrected chi connectivity index (χ3v) is 1.66. The minimum atomic E-state index is 0.264. The Bertz CT molecular complexity index is 123. The van der Waals surface area contributed by atoms with E-state index in [2.05, 4.69) is 22.8 Å². The van der Waals surface area contributed by atoms with E-state index in [-0.39, 0.29) is 6.17 Å². The minimum absolute atomic E-state index is 0.264. The fourth-order valence-corrected chi connectivity index (χ4v) is 0.945. The van der Waals surface area contributed by atoms with Gasteiger partial charge in [-0.3, -0.25) is 0 Å². The van der Waals surface area contributed by atoms with Crippen LogP contribution in [-0.4, -0.2) is 18.2 Å². The molecule has 0 radical (unpaired) electrons. The second-order valence-corrected chi connectivity index (χ2v) is 2.55. The van der Waals surface area contributed by atoms with Crippen LogP contribution in [0.3, 0.4) is 0 Å². The molecule has 0 aliphatic carbocycles. The zero-order valence-electron chi connectivity index (χ0n) is 6.54. The smallest absolute Gasteiger partial charge is 0.143 e. The molecule has 1 rings (SSSR count). The molecule has 10 heavy (non-hydrogen) atoms. The fourth-order valence-electron chi connectivity index (χ4n) is 0.945. The molecule has 58 valence electrons. The van der Waals surface area contributed by atoms with Gasteiger partial charge in [0.05, 0.1) is 0 Å². The predicted octanol–water partition coefficient (Wildman–Crippen LogP) is 1.32. The zero-order chi connectivity index (χ0) is 7.40. The number of hydrogen-bond acceptors (Lipinski definition) is 4. The van der Waals surface area contributed by atoms with Gasteiger partial charge >= 0.3 is 0 Å². The summed E-state index contributed by atoms with van der Waals surface area (Å²) >= 11 is 0. The van der Waals surface area contributed by atoms with Crippen LogP contribution in [0.25, 0.3) is 0 Å². The van der Waals surface area contributed by atoms with E-state index in [1.54, 1.807) is 0 Å². The number of rotatable bonds is 3. The number of nitrogens with one attached hydrogen (secondary N) is 1. The van der Waals surface area contributed by atoms with Gasteiger partial charge in [0.15, 0.2) is 0 Å². The van der Waals surface area contributed by atoms with Crippen LogP contribution in [0, 0.1) is 0 Å². The van der Waals surface area contributed by atoms with Crippen LogP contribution in [0.4, 0.5) is 0 Å². The van der Waals surface area contributed by atoms with Gasteiger partial charge in [-0.05, 0) is 6.42 Å². The average Bonchev–Trinajstić information content (AvgIpc) is 2.31. The maximum atomic E-state index is 3.99. The van der Waals surface area contributed by atoms with E-state index in [4.69, 9.17) is 0 Å². The van der Waals surface area contributed by atoms with Crippen molar-refractivity contribution in [2.45, 2.75) is 32.4 Å². The van der Waals surface area contributed by atoms with Crippen LogP contribution in [-0.2, 0) is 0 Å². The van der Waals surface area contributed by atoms with Gasteiger partial charge in [0.1, 0.15) is 6.17 Å². The van der Waals surface area contributed by atoms with Crippen LogP contribution in [0.2, 0.25) is 0 Å². The Hall–Kier alpha value is -0.640. The van der Waals surface area contributed by atoms with Crippen molar-refractivity contribution in [3.8, 4) is 0 Å². The molecule has 0 aromatic carbocycles. The molecule has 4 heteroatoms. The van der Waals surface area contributed by atoms with Crippen molar-refractivity contribution >= 4 is 0 Å². The van der Waals surface area contributed by atoms with Crippen LogP contribution in [0.5, 0.6) is 0 Å². The Balaban J connectivity index is 2.20. The van der Waals surface area contributed by atoms with E-state index in [9.17, 15) is 0 Å². The molecular formula is C6H14N4. The van der Waals surface area contributed by atoms with E-state index in [0.29, 0.717) is 0 Å². The molecule has 0 bridgehead atoms. The van der Waals surface area contributed by atoms with Crippen molar-refractivity contribution in [2.24, 2.45) is 10.3 Å². The van der Waals surface area contributed by atoms with E-state index >= 15 is 0 Å². The van der Waals surface area contributed by atoms with E-state index in [1.165, 1.54) is 12.8 Å². The first kappa shape index (κ1) is 7.47. The highest BCUT2D eigenvalue weighted by atomic mass is 15.8. The summed E-state index contributed by atoms with van der Waals surface area (Å²) in [5.41, 5.74) is 2.77. The van der Waals surface area contributed by atoms with Crippen molar-refractivity contribution in [2.75, 3.05) is 7.05 Å². The molecule has 1 aliphatic rings. The highest BCUT2D eigenvalue weighted by Crippen LogP contribution is 2.10. The minimum Gasteiger partial charge on any atom is -0.220 e. The van der Waals surface area contributed by atoms with Gasteiger partial charge in [-0.2, -0.15) is 5.01 Å². The quantitative estimate of drug-likeness (QED) is 0.645. The second kappa shape index (κ2) is 3.51. The first-order valence-electron chi connectivity index (χ1n) is 3.73. The molecule has 1 aliphatic heterocycles.